The second-order valence-electron chi connectivity index (χ2n) is 17.6. The van der Waals surface area contributed by atoms with E-state index in [1.165, 1.54) is 48.2 Å². The van der Waals surface area contributed by atoms with Gasteiger partial charge in [0.2, 0.25) is 5.78 Å². The summed E-state index contributed by atoms with van der Waals surface area (Å²) in [7, 11) is 4.73. The number of piperazine rings is 1. The number of phenols is 1. The minimum atomic E-state index is -1.16. The van der Waals surface area contributed by atoms with E-state index >= 15 is 0 Å². The van der Waals surface area contributed by atoms with Crippen molar-refractivity contribution in [3.8, 4) is 28.7 Å². The van der Waals surface area contributed by atoms with E-state index in [0.717, 1.165) is 11.1 Å². The average molecular weight is 861 g/mol. The van der Waals surface area contributed by atoms with E-state index in [1.807, 2.05) is 49.2 Å². The monoisotopic (exact) mass is 860 g/mol. The van der Waals surface area contributed by atoms with Gasteiger partial charge in [-0.2, -0.15) is 17.0 Å². The number of hydrogen-bond donors (Lipinski definition) is 2. The third kappa shape index (κ3) is 7.23. The lowest BCUT2D eigenvalue weighted by atomic mass is 9.69. The van der Waals surface area contributed by atoms with E-state index in [4.69, 9.17) is 18.9 Å². The largest absolute Gasteiger partial charge is 0.504 e. The predicted molar refractivity (Wildman–Crippen MR) is 233 cm³/mol. The number of aromatic hydroxyl groups is 1. The maximum atomic E-state index is 14.4. The van der Waals surface area contributed by atoms with Crippen molar-refractivity contribution >= 4 is 35.4 Å². The van der Waals surface area contributed by atoms with E-state index in [0.29, 0.717) is 23.5 Å². The Kier molecular flexibility index (Phi) is 11.5. The fourth-order valence-corrected chi connectivity index (χ4v) is 11.6. The third-order valence-electron chi connectivity index (χ3n) is 13.0. The molecule has 2 N–H and O–H groups in total. The first-order valence-electron chi connectivity index (χ1n) is 20.9. The maximum absolute atomic E-state index is 14.4. The number of likely N-dealkylation sites (N-methyl/N-ethyl adjacent to an activating group) is 1. The van der Waals surface area contributed by atoms with Crippen LogP contribution in [-0.4, -0.2) is 114 Å². The molecule has 8 rings (SSSR count). The fourth-order valence-electron chi connectivity index (χ4n) is 10.4. The Morgan fingerprint density at radius 3 is 2.26 bits per heavy atom. The van der Waals surface area contributed by atoms with E-state index in [1.54, 1.807) is 27.7 Å². The van der Waals surface area contributed by atoms with Crippen LogP contribution in [0.5, 0.6) is 11.5 Å². The number of aryl methyl sites for hydroxylation is 1. The second kappa shape index (κ2) is 16.6. The van der Waals surface area contributed by atoms with Crippen molar-refractivity contribution in [3.05, 3.63) is 105 Å². The molecule has 62 heavy (non-hydrogen) atoms. The van der Waals surface area contributed by atoms with Crippen molar-refractivity contribution in [1.29, 1.82) is 5.26 Å². The molecule has 14 heteroatoms. The number of thioether (sulfide) groups is 1. The Hall–Kier alpha value is -5.62. The van der Waals surface area contributed by atoms with Gasteiger partial charge in [0.05, 0.1) is 32.4 Å². The van der Waals surface area contributed by atoms with Crippen LogP contribution in [0.3, 0.4) is 0 Å². The summed E-state index contributed by atoms with van der Waals surface area (Å²) < 4.78 is 22.9. The van der Waals surface area contributed by atoms with Gasteiger partial charge in [0.1, 0.15) is 24.3 Å². The lowest BCUT2D eigenvalue weighted by molar-refractivity contribution is -0.150. The number of rotatable bonds is 10. The molecule has 0 spiro atoms. The zero-order valence-electron chi connectivity index (χ0n) is 36.2. The van der Waals surface area contributed by atoms with Gasteiger partial charge in [-0.25, -0.2) is 9.59 Å². The van der Waals surface area contributed by atoms with Gasteiger partial charge in [0.15, 0.2) is 23.0 Å². The molecule has 3 aliphatic heterocycles. The molecule has 6 atom stereocenters. The number of carbonyl (C=O) groups is 4. The fraction of sp³-hybridized carbons (Fsp3) is 0.438. The van der Waals surface area contributed by atoms with Crippen LogP contribution in [0.1, 0.15) is 73.9 Å². The van der Waals surface area contributed by atoms with Crippen LogP contribution >= 0.6 is 11.8 Å². The van der Waals surface area contributed by atoms with E-state index in [9.17, 15) is 29.5 Å². The molecular weight excluding hydrogens is 809 g/mol. The number of nitrogens with one attached hydrogen (secondary N) is 1. The number of phenolic OH excluding ortho intramolecular Hbond substituents is 1. The number of Topliss-reactive ketones (excluding diaryl/α,β-unsaturated/α-hetero) is 2. The first-order chi connectivity index (χ1) is 29.6. The number of allylic oxidation sites excluding steroid dienone is 2. The molecule has 2 bridgehead atoms. The number of esters is 1. The molecule has 2 aliphatic carbocycles. The number of amides is 1. The van der Waals surface area contributed by atoms with Gasteiger partial charge >= 0.3 is 12.1 Å². The van der Waals surface area contributed by atoms with Gasteiger partial charge in [0.25, 0.3) is 0 Å². The van der Waals surface area contributed by atoms with Crippen molar-refractivity contribution in [2.45, 2.75) is 95.2 Å². The van der Waals surface area contributed by atoms with Crippen molar-refractivity contribution in [2.24, 2.45) is 0 Å². The highest BCUT2D eigenvalue weighted by Gasteiger charge is 2.58. The van der Waals surface area contributed by atoms with Crippen LogP contribution in [0.2, 0.25) is 0 Å². The molecule has 0 saturated carbocycles. The molecular formula is C48H52N4O9S. The predicted octanol–water partition coefficient (Wildman–Crippen LogP) is 6.31. The maximum Gasteiger partial charge on any atom is 0.408 e. The minimum Gasteiger partial charge on any atom is -0.504 e. The van der Waals surface area contributed by atoms with Crippen molar-refractivity contribution in [3.63, 3.8) is 0 Å². The van der Waals surface area contributed by atoms with Crippen LogP contribution < -0.4 is 10.1 Å². The molecule has 3 aromatic carbocycles. The van der Waals surface area contributed by atoms with E-state index < -0.39 is 66.3 Å². The highest BCUT2D eigenvalue weighted by Crippen LogP contribution is 2.54. The van der Waals surface area contributed by atoms with Crippen LogP contribution in [0.15, 0.2) is 77.1 Å². The number of benzene rings is 3. The number of fused-ring (bicyclic) bond motifs is 9. The Bertz CT molecular complexity index is 2440. The molecule has 0 radical (unpaired) electrons. The molecule has 1 amide bonds. The Labute approximate surface area is 366 Å². The quantitative estimate of drug-likeness (QED) is 0.172. The SMILES string of the molecule is COC1=C(C)C(=O)C2=C(C1=O)[C@H](COC(=O)[C@@H](CSCC1c3ccccc3-c3ccccc31)NC(=O)OC(C)(C)C)N1[C@@H](C#N)[C@H]3Cc4cc(C)c(OC)c(O)c4[C@H]([C@@H]1C2)N3C. The number of hydrogen-bond acceptors (Lipinski definition) is 13. The molecule has 1 fully saturated rings. The number of alkyl carbamates (subject to hydrolysis) is 1. The van der Waals surface area contributed by atoms with E-state index in [2.05, 4.69) is 40.6 Å². The van der Waals surface area contributed by atoms with Gasteiger partial charge in [-0.3, -0.25) is 19.4 Å². The summed E-state index contributed by atoms with van der Waals surface area (Å²) in [6, 6.07) is 16.5. The van der Waals surface area contributed by atoms with Gasteiger partial charge in [-0.05, 0) is 87.9 Å². The normalized spacial score (nSPS) is 23.6. The molecule has 13 nitrogen and oxygen atoms in total. The smallest absolute Gasteiger partial charge is 0.408 e. The molecule has 0 aromatic heterocycles. The highest BCUT2D eigenvalue weighted by atomic mass is 32.2. The summed E-state index contributed by atoms with van der Waals surface area (Å²) >= 11 is 1.50. The molecule has 3 aromatic rings. The molecule has 5 aliphatic rings. The first-order valence-corrected chi connectivity index (χ1v) is 22.0. The number of ketones is 2. The number of nitriles is 1. The number of ether oxygens (including phenoxy) is 4. The van der Waals surface area contributed by atoms with Gasteiger partial charge in [0, 0.05) is 51.8 Å². The summed E-state index contributed by atoms with van der Waals surface area (Å²) in [6.45, 7) is 8.18. The number of carbonyl (C=O) groups excluding carboxylic acids is 4. The topological polar surface area (TPSA) is 168 Å². The zero-order chi connectivity index (χ0) is 44.4. The summed E-state index contributed by atoms with van der Waals surface area (Å²) in [6.07, 6.45) is -0.302. The van der Waals surface area contributed by atoms with Crippen molar-refractivity contribution in [1.82, 2.24) is 15.1 Å². The molecule has 0 unspecified atom stereocenters. The Morgan fingerprint density at radius 2 is 1.65 bits per heavy atom. The summed E-state index contributed by atoms with van der Waals surface area (Å²) in [5.74, 6) is -0.625. The summed E-state index contributed by atoms with van der Waals surface area (Å²) in [5, 5.41) is 25.5. The molecule has 3 heterocycles. The van der Waals surface area contributed by atoms with Crippen molar-refractivity contribution in [2.75, 3.05) is 39.4 Å². The van der Waals surface area contributed by atoms with E-state index in [-0.39, 0.29) is 52.1 Å². The lowest BCUT2D eigenvalue weighted by Gasteiger charge is -2.60. The minimum absolute atomic E-state index is 0.0159. The standard InChI is InChI=1S/C48H52N4O9S/c1-24-17-26-18-34-36(20-49)52-35(40(51(34)6)38(26)42(54)44(24)58-7)19-31-39(43(55)45(59-8)25(2)41(31)53)37(52)21-60-46(56)33(50-47(57)61-48(3,4)5)23-62-22-32-29-15-11-9-13-27(29)28-14-10-12-16-30(28)32/h9-17,32-37,40,54H,18-19,21-23H2,1-8H3,(H,50,57)/t33-,34-,35+,36+,37+,40+/m1/s1. The highest BCUT2D eigenvalue weighted by molar-refractivity contribution is 7.99. The van der Waals surface area contributed by atoms with Crippen LogP contribution in [0, 0.1) is 18.3 Å². The lowest BCUT2D eigenvalue weighted by Crippen LogP contribution is -2.70. The van der Waals surface area contributed by atoms with Gasteiger partial charge in [-0.15, -0.1) is 0 Å². The van der Waals surface area contributed by atoms with Crippen molar-refractivity contribution < 1.29 is 43.2 Å². The summed E-state index contributed by atoms with van der Waals surface area (Å²) in [4.78, 5) is 60.3. The third-order valence-corrected chi connectivity index (χ3v) is 14.1. The van der Waals surface area contributed by atoms with Gasteiger partial charge < -0.3 is 29.4 Å². The Morgan fingerprint density at radius 1 is 0.984 bits per heavy atom. The second-order valence-corrected chi connectivity index (χ2v) is 18.7. The average Bonchev–Trinajstić information content (AvgIpc) is 3.54. The van der Waals surface area contributed by atoms with Crippen LogP contribution in [-0.2, 0) is 35.0 Å². The van der Waals surface area contributed by atoms with Crippen LogP contribution in [0.25, 0.3) is 11.1 Å². The number of nitrogens with zero attached hydrogens (tertiary/aromatic N) is 3. The molecule has 324 valence electrons. The van der Waals surface area contributed by atoms with Gasteiger partial charge in [-0.1, -0.05) is 54.6 Å². The van der Waals surface area contributed by atoms with Crippen LogP contribution in [0.4, 0.5) is 4.79 Å². The first kappa shape index (κ1) is 43.0. The number of methoxy groups -OCH3 is 2. The Balaban J connectivity index is 1.13. The summed E-state index contributed by atoms with van der Waals surface area (Å²) in [5.41, 5.74) is 6.66. The molecule has 1 saturated heterocycles. The zero-order valence-corrected chi connectivity index (χ0v) is 37.1.